The van der Waals surface area contributed by atoms with Crippen LogP contribution in [-0.2, 0) is 0 Å². The molecule has 1 aliphatic carbocycles. The van der Waals surface area contributed by atoms with Gasteiger partial charge in [-0.15, -0.1) is 0 Å². The fourth-order valence-corrected chi connectivity index (χ4v) is 2.69. The van der Waals surface area contributed by atoms with Crippen LogP contribution in [0.5, 0.6) is 5.75 Å². The van der Waals surface area contributed by atoms with Gasteiger partial charge in [-0.2, -0.15) is 0 Å². The molecule has 2 unspecified atom stereocenters. The van der Waals surface area contributed by atoms with Gasteiger partial charge in [0.25, 0.3) is 0 Å². The van der Waals surface area contributed by atoms with E-state index in [-0.39, 0.29) is 12.7 Å². The fraction of sp³-hybridized carbons (Fsp3) is 0.600. The molecule has 2 atom stereocenters. The third-order valence-electron chi connectivity index (χ3n) is 3.77. The minimum atomic E-state index is -0.457. The summed E-state index contributed by atoms with van der Waals surface area (Å²) in [5.74, 6) is 0.938. The van der Waals surface area contributed by atoms with Gasteiger partial charge in [-0.05, 0) is 44.7 Å². The molecule has 3 N–H and O–H groups in total. The van der Waals surface area contributed by atoms with E-state index in [0.717, 1.165) is 37.0 Å². The maximum Gasteiger partial charge on any atom is 0.122 e. The lowest BCUT2D eigenvalue weighted by molar-refractivity contribution is 0.0725. The summed E-state index contributed by atoms with van der Waals surface area (Å²) in [5, 5.41) is 9.34. The third kappa shape index (κ3) is 3.03. The molecule has 0 radical (unpaired) electrons. The summed E-state index contributed by atoms with van der Waals surface area (Å²) in [6.07, 6.45) is 3.78. The average Bonchev–Trinajstić information content (AvgIpc) is 2.33. The topological polar surface area (TPSA) is 55.5 Å². The van der Waals surface area contributed by atoms with E-state index < -0.39 is 5.54 Å². The molecule has 1 fully saturated rings. The van der Waals surface area contributed by atoms with E-state index in [4.69, 9.17) is 10.5 Å². The van der Waals surface area contributed by atoms with Crippen molar-refractivity contribution in [2.75, 3.05) is 6.61 Å². The average molecular weight is 249 g/mol. The summed E-state index contributed by atoms with van der Waals surface area (Å²) >= 11 is 0. The van der Waals surface area contributed by atoms with Gasteiger partial charge in [0.1, 0.15) is 11.9 Å². The number of aryl methyl sites for hydroxylation is 2. The Kier molecular flexibility index (Phi) is 3.93. The van der Waals surface area contributed by atoms with Gasteiger partial charge in [0.05, 0.1) is 6.61 Å². The molecule has 0 bridgehead atoms. The van der Waals surface area contributed by atoms with Gasteiger partial charge in [0.15, 0.2) is 0 Å². The molecule has 18 heavy (non-hydrogen) atoms. The Hall–Kier alpha value is -1.06. The van der Waals surface area contributed by atoms with Gasteiger partial charge in [-0.25, -0.2) is 0 Å². The van der Waals surface area contributed by atoms with Crippen LogP contribution >= 0.6 is 0 Å². The zero-order valence-corrected chi connectivity index (χ0v) is 11.3. The summed E-state index contributed by atoms with van der Waals surface area (Å²) in [6, 6.07) is 6.21. The molecular weight excluding hydrogens is 226 g/mol. The Balaban J connectivity index is 2.05. The van der Waals surface area contributed by atoms with E-state index in [9.17, 15) is 5.11 Å². The molecule has 0 amide bonds. The first kappa shape index (κ1) is 13.4. The highest BCUT2D eigenvalue weighted by Gasteiger charge is 2.33. The molecule has 0 heterocycles. The van der Waals surface area contributed by atoms with Crippen molar-refractivity contribution in [1.29, 1.82) is 0 Å². The minimum absolute atomic E-state index is 0.0414. The zero-order chi connectivity index (χ0) is 13.2. The van der Waals surface area contributed by atoms with Crippen molar-refractivity contribution in [3.8, 4) is 5.75 Å². The zero-order valence-electron chi connectivity index (χ0n) is 11.3. The highest BCUT2D eigenvalue weighted by Crippen LogP contribution is 2.30. The Morgan fingerprint density at radius 2 is 2.22 bits per heavy atom. The molecule has 3 heteroatoms. The number of hydrogen-bond acceptors (Lipinski definition) is 3. The van der Waals surface area contributed by atoms with Gasteiger partial charge in [0, 0.05) is 12.0 Å². The smallest absolute Gasteiger partial charge is 0.122 e. The summed E-state index contributed by atoms with van der Waals surface area (Å²) in [7, 11) is 0. The van der Waals surface area contributed by atoms with Crippen LogP contribution in [-0.4, -0.2) is 23.4 Å². The van der Waals surface area contributed by atoms with E-state index in [1.54, 1.807) is 0 Å². The number of aliphatic hydroxyl groups is 1. The molecule has 100 valence electrons. The summed E-state index contributed by atoms with van der Waals surface area (Å²) in [4.78, 5) is 0. The molecule has 0 aromatic heterocycles. The predicted molar refractivity (Wildman–Crippen MR) is 72.8 cm³/mol. The molecule has 0 spiro atoms. The number of nitrogens with two attached hydrogens (primary N) is 1. The van der Waals surface area contributed by atoms with Crippen molar-refractivity contribution in [2.24, 2.45) is 5.73 Å². The van der Waals surface area contributed by atoms with Crippen molar-refractivity contribution in [1.82, 2.24) is 0 Å². The van der Waals surface area contributed by atoms with E-state index >= 15 is 0 Å². The summed E-state index contributed by atoms with van der Waals surface area (Å²) in [5.41, 5.74) is 8.08. The van der Waals surface area contributed by atoms with Crippen LogP contribution < -0.4 is 10.5 Å². The second-order valence-electron chi connectivity index (χ2n) is 5.63. The maximum absolute atomic E-state index is 9.34. The number of rotatable bonds is 3. The van der Waals surface area contributed by atoms with Crippen molar-refractivity contribution in [2.45, 2.75) is 51.2 Å². The number of aliphatic hydroxyl groups excluding tert-OH is 1. The molecule has 1 saturated carbocycles. The minimum Gasteiger partial charge on any atom is -0.490 e. The molecule has 1 aromatic rings. The van der Waals surface area contributed by atoms with Crippen molar-refractivity contribution in [3.05, 3.63) is 29.3 Å². The number of ether oxygens (including phenoxy) is 1. The second-order valence-corrected chi connectivity index (χ2v) is 5.63. The molecule has 0 aliphatic heterocycles. The lowest BCUT2D eigenvalue weighted by Gasteiger charge is -2.36. The van der Waals surface area contributed by atoms with E-state index in [1.807, 2.05) is 6.07 Å². The van der Waals surface area contributed by atoms with E-state index in [2.05, 4.69) is 26.0 Å². The van der Waals surface area contributed by atoms with Crippen molar-refractivity contribution in [3.63, 3.8) is 0 Å². The Labute approximate surface area is 109 Å². The Morgan fingerprint density at radius 1 is 1.44 bits per heavy atom. The van der Waals surface area contributed by atoms with Crippen LogP contribution in [0.15, 0.2) is 18.2 Å². The van der Waals surface area contributed by atoms with Crippen molar-refractivity contribution < 1.29 is 9.84 Å². The fourth-order valence-electron chi connectivity index (χ4n) is 2.69. The molecule has 1 aliphatic rings. The lowest BCUT2D eigenvalue weighted by Crippen LogP contribution is -2.50. The van der Waals surface area contributed by atoms with E-state index in [1.165, 1.54) is 5.56 Å². The van der Waals surface area contributed by atoms with Crippen LogP contribution in [0.2, 0.25) is 0 Å². The molecule has 3 nitrogen and oxygen atoms in total. The third-order valence-corrected chi connectivity index (χ3v) is 3.77. The van der Waals surface area contributed by atoms with Crippen molar-refractivity contribution >= 4 is 0 Å². The second kappa shape index (κ2) is 5.29. The standard InChI is InChI=1S/C15H23NO2/c1-11-5-6-14(12(2)8-11)18-13-4-3-7-15(16,9-13)10-17/h5-6,8,13,17H,3-4,7,9-10,16H2,1-2H3. The van der Waals surface area contributed by atoms with Gasteiger partial charge in [0.2, 0.25) is 0 Å². The molecule has 0 saturated heterocycles. The SMILES string of the molecule is Cc1ccc(OC2CCCC(N)(CO)C2)c(C)c1. The van der Waals surface area contributed by atoms with Crippen LogP contribution in [0.1, 0.15) is 36.8 Å². The number of hydrogen-bond donors (Lipinski definition) is 2. The maximum atomic E-state index is 9.34. The van der Waals surface area contributed by atoms with Crippen LogP contribution in [0.4, 0.5) is 0 Å². The first-order chi connectivity index (χ1) is 8.52. The highest BCUT2D eigenvalue weighted by molar-refractivity contribution is 5.35. The van der Waals surface area contributed by atoms with Gasteiger partial charge in [-0.3, -0.25) is 0 Å². The largest absolute Gasteiger partial charge is 0.490 e. The monoisotopic (exact) mass is 249 g/mol. The summed E-state index contributed by atoms with van der Waals surface area (Å²) in [6.45, 7) is 4.18. The van der Waals surface area contributed by atoms with Crippen LogP contribution in [0, 0.1) is 13.8 Å². The van der Waals surface area contributed by atoms with Gasteiger partial charge >= 0.3 is 0 Å². The Bertz CT molecular complexity index is 419. The number of benzene rings is 1. The lowest BCUT2D eigenvalue weighted by atomic mass is 9.81. The normalized spacial score (nSPS) is 28.1. The summed E-state index contributed by atoms with van der Waals surface area (Å²) < 4.78 is 6.05. The predicted octanol–water partition coefficient (Wildman–Crippen LogP) is 2.31. The van der Waals surface area contributed by atoms with Crippen LogP contribution in [0.25, 0.3) is 0 Å². The first-order valence-corrected chi connectivity index (χ1v) is 6.66. The highest BCUT2D eigenvalue weighted by atomic mass is 16.5. The van der Waals surface area contributed by atoms with Gasteiger partial charge in [-0.1, -0.05) is 17.7 Å². The molecule has 1 aromatic carbocycles. The van der Waals surface area contributed by atoms with Crippen LogP contribution in [0.3, 0.4) is 0 Å². The van der Waals surface area contributed by atoms with E-state index in [0.29, 0.717) is 0 Å². The van der Waals surface area contributed by atoms with Gasteiger partial charge < -0.3 is 15.6 Å². The molecular formula is C15H23NO2. The quantitative estimate of drug-likeness (QED) is 0.864. The molecule has 2 rings (SSSR count). The first-order valence-electron chi connectivity index (χ1n) is 6.66. The Morgan fingerprint density at radius 3 is 2.89 bits per heavy atom.